The number of nitrogens with zero attached hydrogens (tertiary/aromatic N) is 2. The Bertz CT molecular complexity index is 682. The summed E-state index contributed by atoms with van der Waals surface area (Å²) in [7, 11) is 8.23. The summed E-state index contributed by atoms with van der Waals surface area (Å²) in [6.07, 6.45) is 5.33. The Hall–Kier alpha value is -1.18. The Labute approximate surface area is 193 Å². The number of aliphatic hydroxyl groups is 1. The fourth-order valence-electron chi connectivity index (χ4n) is 5.13. The maximum absolute atomic E-state index is 13.5. The molecular formula is C24H40ClN3O3. The van der Waals surface area contributed by atoms with Crippen molar-refractivity contribution in [3.63, 3.8) is 0 Å². The molecule has 0 aromatic heterocycles. The second-order valence-electron chi connectivity index (χ2n) is 9.63. The summed E-state index contributed by atoms with van der Waals surface area (Å²) in [4.78, 5) is 17.8. The average molecular weight is 454 g/mol. The number of likely N-dealkylation sites (N-methyl/N-ethyl adjacent to an activating group) is 2. The van der Waals surface area contributed by atoms with Crippen LogP contribution < -0.4 is 5.32 Å². The van der Waals surface area contributed by atoms with Crippen molar-refractivity contribution in [1.82, 2.24) is 15.1 Å². The van der Waals surface area contributed by atoms with Crippen LogP contribution in [0.2, 0.25) is 0 Å². The molecule has 0 amide bonds. The Morgan fingerprint density at radius 2 is 1.65 bits per heavy atom. The zero-order valence-corrected chi connectivity index (χ0v) is 20.2. The fraction of sp³-hybridized carbons (Fsp3) is 0.708. The molecule has 1 heterocycles. The second-order valence-corrected chi connectivity index (χ2v) is 9.63. The van der Waals surface area contributed by atoms with Gasteiger partial charge in [0.25, 0.3) is 0 Å². The SMILES string of the molecule is CN(C)CC1CCC(OC(=O)C(O)(c2ccccc2)C2CCCC2)C(CN(C)C)N1.Cl. The van der Waals surface area contributed by atoms with Gasteiger partial charge in [-0.15, -0.1) is 12.4 Å². The molecule has 0 spiro atoms. The summed E-state index contributed by atoms with van der Waals surface area (Å²) in [6.45, 7) is 1.75. The number of rotatable bonds is 8. The van der Waals surface area contributed by atoms with Crippen LogP contribution in [0.4, 0.5) is 0 Å². The van der Waals surface area contributed by atoms with Crippen LogP contribution in [0.15, 0.2) is 30.3 Å². The van der Waals surface area contributed by atoms with Gasteiger partial charge in [0.05, 0.1) is 6.04 Å². The predicted molar refractivity (Wildman–Crippen MR) is 126 cm³/mol. The number of esters is 1. The highest BCUT2D eigenvalue weighted by molar-refractivity contribution is 5.85. The minimum absolute atomic E-state index is 0. The molecule has 1 saturated carbocycles. The van der Waals surface area contributed by atoms with Gasteiger partial charge >= 0.3 is 5.97 Å². The number of hydrogen-bond donors (Lipinski definition) is 2. The monoisotopic (exact) mass is 453 g/mol. The number of piperidine rings is 1. The Kier molecular flexibility index (Phi) is 9.77. The maximum Gasteiger partial charge on any atom is 0.343 e. The zero-order valence-electron chi connectivity index (χ0n) is 19.4. The fourth-order valence-corrected chi connectivity index (χ4v) is 5.13. The molecule has 2 fully saturated rings. The van der Waals surface area contributed by atoms with E-state index in [1.54, 1.807) is 0 Å². The van der Waals surface area contributed by atoms with E-state index in [9.17, 15) is 9.90 Å². The lowest BCUT2D eigenvalue weighted by atomic mass is 9.80. The molecule has 1 aliphatic heterocycles. The summed E-state index contributed by atoms with van der Waals surface area (Å²) < 4.78 is 6.10. The molecule has 0 bridgehead atoms. The van der Waals surface area contributed by atoms with Crippen LogP contribution in [0.1, 0.15) is 44.1 Å². The standard InChI is InChI=1S/C24H39N3O3.ClH/c1-26(2)16-20-14-15-22(21(25-20)17-27(3)4)30-23(28)24(29,19-12-8-9-13-19)18-10-6-5-7-11-18;/h5-7,10-11,19-22,25,29H,8-9,12-17H2,1-4H3;1H. The van der Waals surface area contributed by atoms with Gasteiger partial charge in [0.15, 0.2) is 5.60 Å². The Balaban J connectivity index is 0.00000341. The normalized spacial score (nSPS) is 26.5. The first kappa shape index (κ1) is 26.1. The van der Waals surface area contributed by atoms with Crippen molar-refractivity contribution in [3.8, 4) is 0 Å². The van der Waals surface area contributed by atoms with Crippen molar-refractivity contribution in [2.24, 2.45) is 5.92 Å². The van der Waals surface area contributed by atoms with E-state index in [-0.39, 0.29) is 30.5 Å². The van der Waals surface area contributed by atoms with Crippen LogP contribution in [-0.4, -0.2) is 80.3 Å². The molecule has 2 N–H and O–H groups in total. The van der Waals surface area contributed by atoms with Crippen LogP contribution in [0, 0.1) is 5.92 Å². The molecule has 31 heavy (non-hydrogen) atoms. The smallest absolute Gasteiger partial charge is 0.343 e. The van der Waals surface area contributed by atoms with Gasteiger partial charge in [-0.1, -0.05) is 43.2 Å². The molecule has 2 aliphatic rings. The highest BCUT2D eigenvalue weighted by Crippen LogP contribution is 2.42. The number of carbonyl (C=O) groups is 1. The van der Waals surface area contributed by atoms with E-state index in [1.807, 2.05) is 44.4 Å². The number of benzene rings is 1. The van der Waals surface area contributed by atoms with E-state index in [2.05, 4.69) is 29.2 Å². The average Bonchev–Trinajstić information content (AvgIpc) is 3.24. The number of hydrogen-bond acceptors (Lipinski definition) is 6. The first-order valence-electron chi connectivity index (χ1n) is 11.3. The molecule has 6 nitrogen and oxygen atoms in total. The number of ether oxygens (including phenoxy) is 1. The number of nitrogens with one attached hydrogen (secondary N) is 1. The van der Waals surface area contributed by atoms with Crippen molar-refractivity contribution in [3.05, 3.63) is 35.9 Å². The molecule has 7 heteroatoms. The summed E-state index contributed by atoms with van der Waals surface area (Å²) in [5, 5.41) is 15.4. The van der Waals surface area contributed by atoms with Gasteiger partial charge in [0.2, 0.25) is 0 Å². The van der Waals surface area contributed by atoms with E-state index in [0.717, 1.165) is 51.6 Å². The van der Waals surface area contributed by atoms with Gasteiger partial charge in [-0.05, 0) is 59.4 Å². The Morgan fingerprint density at radius 3 is 2.23 bits per heavy atom. The van der Waals surface area contributed by atoms with E-state index in [1.165, 1.54) is 0 Å². The molecule has 1 aromatic carbocycles. The first-order chi connectivity index (χ1) is 14.3. The second kappa shape index (κ2) is 11.6. The minimum Gasteiger partial charge on any atom is -0.458 e. The van der Waals surface area contributed by atoms with Crippen LogP contribution in [0.5, 0.6) is 0 Å². The number of carbonyl (C=O) groups excluding carboxylic acids is 1. The third-order valence-corrected chi connectivity index (χ3v) is 6.58. The van der Waals surface area contributed by atoms with E-state index >= 15 is 0 Å². The highest BCUT2D eigenvalue weighted by Gasteiger charge is 2.49. The predicted octanol–water partition coefficient (Wildman–Crippen LogP) is 2.64. The molecule has 1 saturated heterocycles. The lowest BCUT2D eigenvalue weighted by molar-refractivity contribution is -0.182. The molecule has 3 rings (SSSR count). The summed E-state index contributed by atoms with van der Waals surface area (Å²) in [6, 6.07) is 9.80. The topological polar surface area (TPSA) is 65.0 Å². The van der Waals surface area contributed by atoms with Gasteiger partial charge in [0, 0.05) is 25.0 Å². The van der Waals surface area contributed by atoms with Crippen LogP contribution in [-0.2, 0) is 15.1 Å². The quantitative estimate of drug-likeness (QED) is 0.590. The number of halogens is 1. The molecule has 176 valence electrons. The Morgan fingerprint density at radius 1 is 1.03 bits per heavy atom. The van der Waals surface area contributed by atoms with Gasteiger partial charge < -0.3 is 25.0 Å². The summed E-state index contributed by atoms with van der Waals surface area (Å²) >= 11 is 0. The maximum atomic E-state index is 13.5. The van der Waals surface area contributed by atoms with Crippen molar-refractivity contribution in [1.29, 1.82) is 0 Å². The van der Waals surface area contributed by atoms with Crippen LogP contribution in [0.3, 0.4) is 0 Å². The zero-order chi connectivity index (χ0) is 21.7. The third-order valence-electron chi connectivity index (χ3n) is 6.58. The molecule has 4 unspecified atom stereocenters. The van der Waals surface area contributed by atoms with Crippen LogP contribution >= 0.6 is 12.4 Å². The molecule has 1 aromatic rings. The van der Waals surface area contributed by atoms with Crippen LogP contribution in [0.25, 0.3) is 0 Å². The van der Waals surface area contributed by atoms with E-state index in [4.69, 9.17) is 4.74 Å². The van der Waals surface area contributed by atoms with Crippen molar-refractivity contribution >= 4 is 18.4 Å². The molecular weight excluding hydrogens is 414 g/mol. The van der Waals surface area contributed by atoms with Crippen molar-refractivity contribution in [2.75, 3.05) is 41.3 Å². The lowest BCUT2D eigenvalue weighted by Gasteiger charge is -2.41. The van der Waals surface area contributed by atoms with Crippen molar-refractivity contribution in [2.45, 2.75) is 62.3 Å². The molecule has 1 aliphatic carbocycles. The minimum atomic E-state index is -1.57. The van der Waals surface area contributed by atoms with Crippen molar-refractivity contribution < 1.29 is 14.6 Å². The summed E-state index contributed by atoms with van der Waals surface area (Å²) in [5.41, 5.74) is -0.915. The lowest BCUT2D eigenvalue weighted by Crippen LogP contribution is -2.59. The van der Waals surface area contributed by atoms with E-state index in [0.29, 0.717) is 11.6 Å². The third kappa shape index (κ3) is 6.42. The highest BCUT2D eigenvalue weighted by atomic mass is 35.5. The molecule has 4 atom stereocenters. The summed E-state index contributed by atoms with van der Waals surface area (Å²) in [5.74, 6) is -0.569. The van der Waals surface area contributed by atoms with Gasteiger partial charge in [0.1, 0.15) is 6.10 Å². The van der Waals surface area contributed by atoms with Gasteiger partial charge in [-0.25, -0.2) is 4.79 Å². The van der Waals surface area contributed by atoms with Gasteiger partial charge in [-0.2, -0.15) is 0 Å². The first-order valence-corrected chi connectivity index (χ1v) is 11.3. The largest absolute Gasteiger partial charge is 0.458 e. The van der Waals surface area contributed by atoms with E-state index < -0.39 is 11.6 Å². The van der Waals surface area contributed by atoms with Gasteiger partial charge in [-0.3, -0.25) is 0 Å². The molecule has 0 radical (unpaired) electrons.